The summed E-state index contributed by atoms with van der Waals surface area (Å²) in [6.07, 6.45) is 0.160. The van der Waals surface area contributed by atoms with Crippen LogP contribution in [-0.4, -0.2) is 42.4 Å². The van der Waals surface area contributed by atoms with E-state index >= 15 is 0 Å². The Kier molecular flexibility index (Phi) is 7.82. The van der Waals surface area contributed by atoms with Crippen LogP contribution in [0.4, 0.5) is 0 Å². The number of carbonyl (C=O) groups excluding carboxylic acids is 1. The van der Waals surface area contributed by atoms with E-state index < -0.39 is 6.10 Å². The molecular formula is C19H22O4S. The number of ether oxygens (including phenoxy) is 2. The van der Waals surface area contributed by atoms with Gasteiger partial charge in [-0.3, -0.25) is 4.79 Å². The minimum atomic E-state index is -0.698. The van der Waals surface area contributed by atoms with Gasteiger partial charge >= 0.3 is 0 Å². The van der Waals surface area contributed by atoms with E-state index in [0.29, 0.717) is 23.7 Å². The Morgan fingerprint density at radius 1 is 1.12 bits per heavy atom. The fraction of sp³-hybridized carbons (Fsp3) is 0.316. The quantitative estimate of drug-likeness (QED) is 0.756. The van der Waals surface area contributed by atoms with Crippen LogP contribution in [0, 0.1) is 0 Å². The molecule has 5 heteroatoms. The number of benzene rings is 2. The van der Waals surface area contributed by atoms with Gasteiger partial charge in [0.05, 0.1) is 12.7 Å². The maximum atomic E-state index is 11.9. The molecule has 0 saturated carbocycles. The molecule has 1 atom stereocenters. The molecule has 2 aromatic carbocycles. The number of carbonyl (C=O) groups is 1. The summed E-state index contributed by atoms with van der Waals surface area (Å²) >= 11 is 1.10. The van der Waals surface area contributed by atoms with Crippen molar-refractivity contribution in [1.29, 1.82) is 0 Å². The lowest BCUT2D eigenvalue weighted by molar-refractivity contribution is 0.108. The highest BCUT2D eigenvalue weighted by Gasteiger charge is 2.11. The van der Waals surface area contributed by atoms with Gasteiger partial charge in [-0.25, -0.2) is 0 Å². The van der Waals surface area contributed by atoms with Gasteiger partial charge in [0, 0.05) is 18.4 Å². The highest BCUT2D eigenvalue weighted by Crippen LogP contribution is 2.16. The molecule has 4 nitrogen and oxygen atoms in total. The van der Waals surface area contributed by atoms with E-state index in [1.54, 1.807) is 19.2 Å². The summed E-state index contributed by atoms with van der Waals surface area (Å²) in [6, 6.07) is 16.8. The molecule has 1 N–H and O–H groups in total. The van der Waals surface area contributed by atoms with Gasteiger partial charge in [0.1, 0.15) is 12.4 Å². The summed E-state index contributed by atoms with van der Waals surface area (Å²) in [7, 11) is 1.68. The maximum absolute atomic E-state index is 11.9. The van der Waals surface area contributed by atoms with Crippen LogP contribution in [0.5, 0.6) is 5.75 Å². The first-order valence-electron chi connectivity index (χ1n) is 7.80. The third-order valence-electron chi connectivity index (χ3n) is 3.38. The zero-order valence-corrected chi connectivity index (χ0v) is 14.5. The van der Waals surface area contributed by atoms with Crippen molar-refractivity contribution in [3.05, 3.63) is 65.7 Å². The lowest BCUT2D eigenvalue weighted by atomic mass is 10.1. The Morgan fingerprint density at radius 3 is 2.50 bits per heavy atom. The largest absolute Gasteiger partial charge is 0.491 e. The van der Waals surface area contributed by atoms with Crippen molar-refractivity contribution < 1.29 is 19.4 Å². The van der Waals surface area contributed by atoms with E-state index in [9.17, 15) is 9.90 Å². The van der Waals surface area contributed by atoms with Crippen LogP contribution >= 0.6 is 11.8 Å². The zero-order chi connectivity index (χ0) is 17.2. The van der Waals surface area contributed by atoms with Crippen molar-refractivity contribution >= 4 is 16.9 Å². The van der Waals surface area contributed by atoms with Gasteiger partial charge in [-0.05, 0) is 24.1 Å². The van der Waals surface area contributed by atoms with E-state index in [-0.39, 0.29) is 11.7 Å². The predicted octanol–water partition coefficient (Wildman–Crippen LogP) is 3.19. The maximum Gasteiger partial charge on any atom is 0.219 e. The fourth-order valence-electron chi connectivity index (χ4n) is 2.04. The molecule has 0 radical (unpaired) electrons. The van der Waals surface area contributed by atoms with Gasteiger partial charge in [0.15, 0.2) is 0 Å². The Bertz CT molecular complexity index is 613. The molecule has 128 valence electrons. The Balaban J connectivity index is 1.71. The van der Waals surface area contributed by atoms with E-state index in [1.165, 1.54) is 5.56 Å². The summed E-state index contributed by atoms with van der Waals surface area (Å²) < 4.78 is 10.6. The summed E-state index contributed by atoms with van der Waals surface area (Å²) in [5.74, 6) is 1.01. The van der Waals surface area contributed by atoms with Crippen molar-refractivity contribution in [2.24, 2.45) is 0 Å². The second kappa shape index (κ2) is 10.1. The number of hydrogen-bond donors (Lipinski definition) is 1. The third kappa shape index (κ3) is 6.35. The van der Waals surface area contributed by atoms with E-state index in [4.69, 9.17) is 9.47 Å². The first-order valence-corrected chi connectivity index (χ1v) is 8.78. The summed E-state index contributed by atoms with van der Waals surface area (Å²) in [4.78, 5) is 11.9. The Hall–Kier alpha value is -1.82. The van der Waals surface area contributed by atoms with Gasteiger partial charge < -0.3 is 14.6 Å². The van der Waals surface area contributed by atoms with Gasteiger partial charge in [-0.1, -0.05) is 54.2 Å². The average molecular weight is 346 g/mol. The Labute approximate surface area is 146 Å². The topological polar surface area (TPSA) is 55.8 Å². The summed E-state index contributed by atoms with van der Waals surface area (Å²) in [5, 5.41) is 9.92. The fourth-order valence-corrected chi connectivity index (χ4v) is 2.78. The molecule has 2 rings (SSSR count). The molecule has 24 heavy (non-hydrogen) atoms. The molecule has 0 bridgehead atoms. The number of hydrogen-bond acceptors (Lipinski definition) is 5. The van der Waals surface area contributed by atoms with Crippen LogP contribution in [0.25, 0.3) is 0 Å². The third-order valence-corrected chi connectivity index (χ3v) is 4.43. The normalized spacial score (nSPS) is 11.9. The molecule has 0 spiro atoms. The van der Waals surface area contributed by atoms with Crippen LogP contribution in [0.3, 0.4) is 0 Å². The van der Waals surface area contributed by atoms with Crippen molar-refractivity contribution in [2.45, 2.75) is 12.5 Å². The first kappa shape index (κ1) is 18.5. The standard InChI is InChI=1S/C19H22O4S/c1-22-12-11-15-7-9-18(10-8-15)23-13-17(20)14-24-19(21)16-5-3-2-4-6-16/h2-10,17,20H,11-14H2,1H3. The minimum Gasteiger partial charge on any atom is -0.491 e. The molecule has 0 amide bonds. The molecule has 0 aliphatic rings. The zero-order valence-electron chi connectivity index (χ0n) is 13.7. The van der Waals surface area contributed by atoms with Gasteiger partial charge in [-0.2, -0.15) is 0 Å². The van der Waals surface area contributed by atoms with Crippen LogP contribution in [0.1, 0.15) is 15.9 Å². The number of aliphatic hydroxyl groups is 1. The van der Waals surface area contributed by atoms with Gasteiger partial charge in [0.2, 0.25) is 5.12 Å². The molecule has 2 aromatic rings. The smallest absolute Gasteiger partial charge is 0.219 e. The molecule has 0 aliphatic heterocycles. The summed E-state index contributed by atoms with van der Waals surface area (Å²) in [5.41, 5.74) is 1.82. The highest BCUT2D eigenvalue weighted by molar-refractivity contribution is 8.14. The molecule has 0 aliphatic carbocycles. The van der Waals surface area contributed by atoms with Gasteiger partial charge in [0.25, 0.3) is 0 Å². The molecule has 0 fully saturated rings. The monoisotopic (exact) mass is 346 g/mol. The van der Waals surface area contributed by atoms with Crippen molar-refractivity contribution in [1.82, 2.24) is 0 Å². The van der Waals surface area contributed by atoms with Gasteiger partial charge in [-0.15, -0.1) is 0 Å². The van der Waals surface area contributed by atoms with Crippen molar-refractivity contribution in [3.63, 3.8) is 0 Å². The minimum absolute atomic E-state index is 0.0443. The highest BCUT2D eigenvalue weighted by atomic mass is 32.2. The van der Waals surface area contributed by atoms with Crippen LogP contribution in [0.15, 0.2) is 54.6 Å². The second-order valence-corrected chi connectivity index (χ2v) is 6.31. The van der Waals surface area contributed by atoms with Crippen LogP contribution in [0.2, 0.25) is 0 Å². The number of aliphatic hydroxyl groups excluding tert-OH is 1. The molecular weight excluding hydrogens is 324 g/mol. The second-order valence-electron chi connectivity index (χ2n) is 5.32. The lowest BCUT2D eigenvalue weighted by Crippen LogP contribution is -2.21. The molecule has 0 aromatic heterocycles. The van der Waals surface area contributed by atoms with E-state index in [2.05, 4.69) is 0 Å². The van der Waals surface area contributed by atoms with Crippen LogP contribution < -0.4 is 4.74 Å². The molecule has 0 saturated heterocycles. The average Bonchev–Trinajstić information content (AvgIpc) is 2.64. The van der Waals surface area contributed by atoms with Crippen LogP contribution in [-0.2, 0) is 11.2 Å². The predicted molar refractivity (Wildman–Crippen MR) is 96.8 cm³/mol. The van der Waals surface area contributed by atoms with E-state index in [0.717, 1.165) is 18.2 Å². The SMILES string of the molecule is COCCc1ccc(OCC(O)CSC(=O)c2ccccc2)cc1. The number of methoxy groups -OCH3 is 1. The Morgan fingerprint density at radius 2 is 1.83 bits per heavy atom. The van der Waals surface area contributed by atoms with E-state index in [1.807, 2.05) is 42.5 Å². The lowest BCUT2D eigenvalue weighted by Gasteiger charge is -2.12. The number of rotatable bonds is 9. The molecule has 0 heterocycles. The first-order chi connectivity index (χ1) is 11.7. The van der Waals surface area contributed by atoms with Crippen molar-refractivity contribution in [3.8, 4) is 5.75 Å². The summed E-state index contributed by atoms with van der Waals surface area (Å²) in [6.45, 7) is 0.845. The number of thioether (sulfide) groups is 1. The van der Waals surface area contributed by atoms with Crippen molar-refractivity contribution in [2.75, 3.05) is 26.1 Å². The molecule has 1 unspecified atom stereocenters.